The fraction of sp³-hybridized carbons (Fsp3) is 0. The molecule has 76 valence electrons. The molecule has 2 aromatic carbocycles. The summed E-state index contributed by atoms with van der Waals surface area (Å²) >= 11 is 0. The molecular weight excluding hydrogens is 226 g/mol. The highest BCUT2D eigenvalue weighted by Crippen LogP contribution is 2.20. The standard InChI is InChI=1S/C13H11NSi2/c1-2-6-11-10(5-1)9-14-16-15-13-8-4-3-7-12(11)13/h1-9,15-16H. The second kappa shape index (κ2) is 4.19. The number of benzene rings is 2. The Kier molecular flexibility index (Phi) is 2.55. The Balaban J connectivity index is 2.34. The first kappa shape index (κ1) is 9.75. The van der Waals surface area contributed by atoms with Crippen LogP contribution in [0.5, 0.6) is 0 Å². The van der Waals surface area contributed by atoms with Gasteiger partial charge in [-0.25, -0.2) is 0 Å². The molecule has 0 aliphatic carbocycles. The van der Waals surface area contributed by atoms with Crippen molar-refractivity contribution in [3.05, 3.63) is 54.1 Å². The van der Waals surface area contributed by atoms with Crippen LogP contribution in [-0.2, 0) is 0 Å². The van der Waals surface area contributed by atoms with Crippen LogP contribution in [0.3, 0.4) is 0 Å². The molecule has 1 heterocycles. The predicted octanol–water partition coefficient (Wildman–Crippen LogP) is 1.11. The monoisotopic (exact) mass is 237 g/mol. The van der Waals surface area contributed by atoms with Gasteiger partial charge in [-0.3, -0.25) is 0 Å². The van der Waals surface area contributed by atoms with Gasteiger partial charge in [0.25, 0.3) is 0 Å². The molecule has 3 heteroatoms. The summed E-state index contributed by atoms with van der Waals surface area (Å²) < 4.78 is 4.57. The van der Waals surface area contributed by atoms with E-state index in [4.69, 9.17) is 0 Å². The van der Waals surface area contributed by atoms with E-state index in [1.54, 1.807) is 0 Å². The number of hydrogen-bond donors (Lipinski definition) is 0. The largest absolute Gasteiger partial charge is 0.313 e. The van der Waals surface area contributed by atoms with Gasteiger partial charge in [0.1, 0.15) is 8.77 Å². The minimum Gasteiger partial charge on any atom is -0.313 e. The van der Waals surface area contributed by atoms with E-state index in [1.807, 2.05) is 6.21 Å². The Morgan fingerprint density at radius 1 is 0.812 bits per heavy atom. The predicted molar refractivity (Wildman–Crippen MR) is 73.4 cm³/mol. The first-order chi connectivity index (χ1) is 7.95. The van der Waals surface area contributed by atoms with E-state index in [-0.39, 0.29) is 8.77 Å². The molecule has 0 saturated carbocycles. The van der Waals surface area contributed by atoms with Gasteiger partial charge in [0.15, 0.2) is 0 Å². The molecule has 0 radical (unpaired) electrons. The lowest BCUT2D eigenvalue weighted by molar-refractivity contribution is 1.61. The third kappa shape index (κ3) is 1.68. The van der Waals surface area contributed by atoms with Crippen molar-refractivity contribution < 1.29 is 0 Å². The van der Waals surface area contributed by atoms with Crippen molar-refractivity contribution in [2.45, 2.75) is 0 Å². The van der Waals surface area contributed by atoms with Crippen LogP contribution in [0.2, 0.25) is 0 Å². The highest BCUT2D eigenvalue weighted by atomic mass is 28.9. The molecule has 3 rings (SSSR count). The van der Waals surface area contributed by atoms with Gasteiger partial charge in [0, 0.05) is 14.8 Å². The average molecular weight is 237 g/mol. The second-order valence-electron chi connectivity index (χ2n) is 3.77. The Hall–Kier alpha value is -1.46. The Morgan fingerprint density at radius 3 is 2.50 bits per heavy atom. The van der Waals surface area contributed by atoms with Crippen LogP contribution < -0.4 is 5.19 Å². The lowest BCUT2D eigenvalue weighted by atomic mass is 10.0. The summed E-state index contributed by atoms with van der Waals surface area (Å²) in [5.74, 6) is 0. The maximum atomic E-state index is 4.57. The zero-order valence-corrected chi connectivity index (χ0v) is 11.1. The molecule has 0 amide bonds. The van der Waals surface area contributed by atoms with Crippen LogP contribution in [-0.4, -0.2) is 23.6 Å². The molecule has 0 spiro atoms. The highest BCUT2D eigenvalue weighted by molar-refractivity contribution is 6.82. The fourth-order valence-electron chi connectivity index (χ4n) is 1.99. The average Bonchev–Trinajstić information content (AvgIpc) is 2.33. The first-order valence-electron chi connectivity index (χ1n) is 5.33. The van der Waals surface area contributed by atoms with E-state index < -0.39 is 0 Å². The van der Waals surface area contributed by atoms with Gasteiger partial charge in [-0.15, -0.1) is 0 Å². The van der Waals surface area contributed by atoms with Gasteiger partial charge < -0.3 is 4.66 Å². The second-order valence-corrected chi connectivity index (χ2v) is 7.21. The van der Waals surface area contributed by atoms with Crippen LogP contribution >= 0.6 is 0 Å². The topological polar surface area (TPSA) is 12.4 Å². The lowest BCUT2D eigenvalue weighted by Gasteiger charge is -2.10. The van der Waals surface area contributed by atoms with Gasteiger partial charge in [0.2, 0.25) is 0 Å². The van der Waals surface area contributed by atoms with Crippen molar-refractivity contribution in [3.8, 4) is 11.1 Å². The van der Waals surface area contributed by atoms with E-state index in [9.17, 15) is 0 Å². The summed E-state index contributed by atoms with van der Waals surface area (Å²) in [7, 11) is 0.591. The van der Waals surface area contributed by atoms with Gasteiger partial charge >= 0.3 is 0 Å². The lowest BCUT2D eigenvalue weighted by Crippen LogP contribution is -2.14. The van der Waals surface area contributed by atoms with Gasteiger partial charge in [-0.05, 0) is 21.9 Å². The van der Waals surface area contributed by atoms with Crippen LogP contribution in [0.4, 0.5) is 0 Å². The van der Waals surface area contributed by atoms with Crippen molar-refractivity contribution >= 4 is 28.8 Å². The van der Waals surface area contributed by atoms with Crippen LogP contribution in [0.1, 0.15) is 5.56 Å². The highest BCUT2D eigenvalue weighted by Gasteiger charge is 2.06. The normalized spacial score (nSPS) is 12.5. The van der Waals surface area contributed by atoms with Crippen molar-refractivity contribution in [2.75, 3.05) is 0 Å². The van der Waals surface area contributed by atoms with E-state index in [0.29, 0.717) is 8.61 Å². The third-order valence-corrected chi connectivity index (χ3v) is 6.14. The van der Waals surface area contributed by atoms with Gasteiger partial charge in [-0.2, -0.15) is 0 Å². The minimum absolute atomic E-state index is 0.239. The molecule has 1 aliphatic rings. The zero-order chi connectivity index (χ0) is 10.8. The van der Waals surface area contributed by atoms with Crippen molar-refractivity contribution in [2.24, 2.45) is 4.66 Å². The molecule has 1 aliphatic heterocycles. The molecule has 0 aromatic heterocycles. The van der Waals surface area contributed by atoms with Crippen LogP contribution in [0, 0.1) is 0 Å². The molecule has 0 N–H and O–H groups in total. The van der Waals surface area contributed by atoms with Crippen LogP contribution in [0.15, 0.2) is 53.2 Å². The maximum absolute atomic E-state index is 4.57. The summed E-state index contributed by atoms with van der Waals surface area (Å²) in [6.07, 6.45) is 2.05. The van der Waals surface area contributed by atoms with E-state index in [2.05, 4.69) is 53.2 Å². The molecule has 0 fully saturated rings. The van der Waals surface area contributed by atoms with E-state index >= 15 is 0 Å². The van der Waals surface area contributed by atoms with Crippen LogP contribution in [0.25, 0.3) is 11.1 Å². The summed E-state index contributed by atoms with van der Waals surface area (Å²) in [6, 6.07) is 17.3. The van der Waals surface area contributed by atoms with E-state index in [0.717, 1.165) is 0 Å². The summed E-state index contributed by atoms with van der Waals surface area (Å²) in [5.41, 5.74) is 3.99. The number of hydrogen-bond acceptors (Lipinski definition) is 1. The molecule has 0 saturated heterocycles. The third-order valence-electron chi connectivity index (χ3n) is 2.77. The van der Waals surface area contributed by atoms with Crippen molar-refractivity contribution in [1.82, 2.24) is 0 Å². The number of rotatable bonds is 0. The van der Waals surface area contributed by atoms with Gasteiger partial charge in [0.05, 0.1) is 0 Å². The quantitative estimate of drug-likeness (QED) is 0.609. The first-order valence-corrected chi connectivity index (χ1v) is 9.09. The fourth-order valence-corrected chi connectivity index (χ4v) is 5.01. The van der Waals surface area contributed by atoms with E-state index in [1.165, 1.54) is 21.9 Å². The molecule has 2 aromatic rings. The SMILES string of the molecule is C1=N[SiH]=[SiH]c2ccccc2-c2ccccc21. The van der Waals surface area contributed by atoms with Crippen molar-refractivity contribution in [3.63, 3.8) is 0 Å². The summed E-state index contributed by atoms with van der Waals surface area (Å²) in [5, 5.41) is 1.52. The summed E-state index contributed by atoms with van der Waals surface area (Å²) in [4.78, 5) is 0. The molecule has 16 heavy (non-hydrogen) atoms. The molecule has 0 unspecified atom stereocenters. The Morgan fingerprint density at radius 2 is 1.56 bits per heavy atom. The molecular formula is C13H11NSi2. The van der Waals surface area contributed by atoms with Crippen molar-refractivity contribution in [1.29, 1.82) is 0 Å². The molecule has 1 nitrogen and oxygen atoms in total. The molecule has 0 bridgehead atoms. The van der Waals surface area contributed by atoms with Gasteiger partial charge in [-0.1, -0.05) is 48.5 Å². The number of nitrogens with zero attached hydrogens (tertiary/aromatic N) is 1. The maximum Gasteiger partial charge on any atom is 0.115 e. The minimum atomic E-state index is 0.239. The smallest absolute Gasteiger partial charge is 0.115 e. The Bertz CT molecular complexity index is 534. The number of fused-ring (bicyclic) bond motifs is 3. The summed E-state index contributed by atoms with van der Waals surface area (Å²) in [6.45, 7) is 0. The molecule has 0 atom stereocenters. The Labute approximate surface area is 98.9 Å². The zero-order valence-electron chi connectivity index (χ0n) is 8.80.